The molecule has 0 aromatic carbocycles. The summed E-state index contributed by atoms with van der Waals surface area (Å²) in [6.07, 6.45) is 2.29. The van der Waals surface area contributed by atoms with E-state index in [1.807, 2.05) is 0 Å². The van der Waals surface area contributed by atoms with Gasteiger partial charge in [-0.3, -0.25) is 9.78 Å². The van der Waals surface area contributed by atoms with Crippen LogP contribution in [-0.4, -0.2) is 43.4 Å². The van der Waals surface area contributed by atoms with E-state index >= 15 is 0 Å². The average Bonchev–Trinajstić information content (AvgIpc) is 2.57. The van der Waals surface area contributed by atoms with E-state index in [9.17, 15) is 4.79 Å². The number of nitrogens with one attached hydrogen (secondary N) is 3. The molecule has 1 aliphatic rings. The SMILES string of the molecule is COc1ccncc1NC(=O)C(C(N)N)C1NCC(CC#N)CN1. The maximum Gasteiger partial charge on any atom is 0.233 e. The highest BCUT2D eigenvalue weighted by Crippen LogP contribution is 2.23. The van der Waals surface area contributed by atoms with Gasteiger partial charge in [0.25, 0.3) is 0 Å². The molecule has 0 spiro atoms. The van der Waals surface area contributed by atoms with Crippen LogP contribution in [0.1, 0.15) is 6.42 Å². The van der Waals surface area contributed by atoms with Gasteiger partial charge in [-0.25, -0.2) is 0 Å². The van der Waals surface area contributed by atoms with Crippen LogP contribution in [0, 0.1) is 23.2 Å². The summed E-state index contributed by atoms with van der Waals surface area (Å²) in [6.45, 7) is 1.25. The van der Waals surface area contributed by atoms with Crippen molar-refractivity contribution < 1.29 is 9.53 Å². The minimum atomic E-state index is -0.856. The Kier molecular flexibility index (Phi) is 6.45. The van der Waals surface area contributed by atoms with Gasteiger partial charge in [-0.1, -0.05) is 0 Å². The van der Waals surface area contributed by atoms with Crippen LogP contribution in [0.5, 0.6) is 5.75 Å². The summed E-state index contributed by atoms with van der Waals surface area (Å²) in [4.78, 5) is 16.6. The van der Waals surface area contributed by atoms with Gasteiger partial charge in [-0.05, 0) is 5.92 Å². The van der Waals surface area contributed by atoms with Crippen LogP contribution in [0.2, 0.25) is 0 Å². The highest BCUT2D eigenvalue weighted by molar-refractivity contribution is 5.94. The number of hydrogen-bond donors (Lipinski definition) is 5. The highest BCUT2D eigenvalue weighted by Gasteiger charge is 2.35. The molecule has 2 rings (SSSR count). The van der Waals surface area contributed by atoms with E-state index < -0.39 is 12.1 Å². The fourth-order valence-corrected chi connectivity index (χ4v) is 2.68. The molecule has 1 amide bonds. The second kappa shape index (κ2) is 8.56. The van der Waals surface area contributed by atoms with Gasteiger partial charge in [0.05, 0.1) is 37.6 Å². The molecule has 1 atom stereocenters. The molecule has 9 nitrogen and oxygen atoms in total. The third kappa shape index (κ3) is 4.39. The Morgan fingerprint density at radius 1 is 1.54 bits per heavy atom. The van der Waals surface area contributed by atoms with E-state index in [2.05, 4.69) is 27.0 Å². The smallest absolute Gasteiger partial charge is 0.233 e. The van der Waals surface area contributed by atoms with Gasteiger partial charge in [0.1, 0.15) is 11.4 Å². The van der Waals surface area contributed by atoms with E-state index in [0.717, 1.165) is 0 Å². The number of anilines is 1. The van der Waals surface area contributed by atoms with Gasteiger partial charge in [-0.2, -0.15) is 5.26 Å². The number of carbonyl (C=O) groups excluding carboxylic acids is 1. The molecule has 24 heavy (non-hydrogen) atoms. The van der Waals surface area contributed by atoms with Gasteiger partial charge >= 0.3 is 0 Å². The third-order valence-electron chi connectivity index (χ3n) is 3.97. The number of carbonyl (C=O) groups is 1. The number of methoxy groups -OCH3 is 1. The van der Waals surface area contributed by atoms with Crippen molar-refractivity contribution in [3.63, 3.8) is 0 Å². The molecule has 1 fully saturated rings. The normalized spacial score (nSPS) is 21.8. The summed E-state index contributed by atoms with van der Waals surface area (Å²) in [6, 6.07) is 3.79. The molecule has 7 N–H and O–H groups in total. The van der Waals surface area contributed by atoms with Crippen molar-refractivity contribution in [2.75, 3.05) is 25.5 Å². The van der Waals surface area contributed by atoms with Crippen molar-refractivity contribution in [2.24, 2.45) is 23.3 Å². The maximum absolute atomic E-state index is 12.6. The lowest BCUT2D eigenvalue weighted by Gasteiger charge is -2.36. The van der Waals surface area contributed by atoms with Crippen LogP contribution in [-0.2, 0) is 4.79 Å². The van der Waals surface area contributed by atoms with E-state index in [0.29, 0.717) is 30.9 Å². The van der Waals surface area contributed by atoms with Crippen molar-refractivity contribution >= 4 is 11.6 Å². The Balaban J connectivity index is 2.05. The van der Waals surface area contributed by atoms with E-state index in [1.165, 1.54) is 13.3 Å². The van der Waals surface area contributed by atoms with Crippen LogP contribution in [0.3, 0.4) is 0 Å². The number of nitrogens with two attached hydrogens (primary N) is 2. The monoisotopic (exact) mass is 333 g/mol. The predicted octanol–water partition coefficient (Wildman–Crippen LogP) is -1.06. The van der Waals surface area contributed by atoms with Gasteiger partial charge in [-0.15, -0.1) is 0 Å². The molecule has 130 valence electrons. The number of nitrogens with zero attached hydrogens (tertiary/aromatic N) is 2. The first-order valence-electron chi connectivity index (χ1n) is 7.70. The fourth-order valence-electron chi connectivity index (χ4n) is 2.68. The number of nitriles is 1. The van der Waals surface area contributed by atoms with Crippen molar-refractivity contribution in [2.45, 2.75) is 18.8 Å². The lowest BCUT2D eigenvalue weighted by Crippen LogP contribution is -2.63. The summed E-state index contributed by atoms with van der Waals surface area (Å²) in [5, 5.41) is 17.9. The number of ether oxygens (including phenoxy) is 1. The molecule has 1 saturated heterocycles. The Bertz CT molecular complexity index is 594. The molecule has 0 radical (unpaired) electrons. The summed E-state index contributed by atoms with van der Waals surface area (Å²) in [5.41, 5.74) is 12.1. The lowest BCUT2D eigenvalue weighted by atomic mass is 9.96. The van der Waals surface area contributed by atoms with E-state index in [-0.39, 0.29) is 18.0 Å². The summed E-state index contributed by atoms with van der Waals surface area (Å²) in [5.74, 6) is -0.332. The first kappa shape index (κ1) is 18.1. The molecular formula is C15H23N7O2. The van der Waals surface area contributed by atoms with Crippen LogP contribution in [0.4, 0.5) is 5.69 Å². The topological polar surface area (TPSA) is 151 Å². The molecule has 1 aromatic rings. The zero-order valence-electron chi connectivity index (χ0n) is 13.5. The number of pyridine rings is 1. The molecule has 1 aromatic heterocycles. The second-order valence-electron chi connectivity index (χ2n) is 5.69. The average molecular weight is 333 g/mol. The van der Waals surface area contributed by atoms with Crippen molar-refractivity contribution in [3.8, 4) is 11.8 Å². The van der Waals surface area contributed by atoms with Crippen LogP contribution >= 0.6 is 0 Å². The minimum Gasteiger partial charge on any atom is -0.494 e. The first-order valence-corrected chi connectivity index (χ1v) is 7.70. The summed E-state index contributed by atoms with van der Waals surface area (Å²) < 4.78 is 5.19. The number of hydrogen-bond acceptors (Lipinski definition) is 8. The quantitative estimate of drug-likeness (QED) is 0.413. The minimum absolute atomic E-state index is 0.197. The molecule has 0 bridgehead atoms. The van der Waals surface area contributed by atoms with Gasteiger partial charge < -0.3 is 32.2 Å². The fraction of sp³-hybridized carbons (Fsp3) is 0.533. The highest BCUT2D eigenvalue weighted by atomic mass is 16.5. The molecular weight excluding hydrogens is 310 g/mol. The Labute approximate surface area is 140 Å². The summed E-state index contributed by atoms with van der Waals surface area (Å²) in [7, 11) is 1.51. The molecule has 1 unspecified atom stereocenters. The third-order valence-corrected chi connectivity index (χ3v) is 3.97. The zero-order chi connectivity index (χ0) is 17.5. The standard InChI is InChI=1S/C15H23N7O2/c1-24-11-3-5-19-8-10(11)22-15(23)12(13(17)18)14-20-6-9(2-4-16)7-21-14/h3,5,8-9,12-14,20-21H,2,6-7,17-18H2,1H3,(H,22,23). The lowest BCUT2D eigenvalue weighted by molar-refractivity contribution is -0.122. The van der Waals surface area contributed by atoms with Crippen molar-refractivity contribution in [1.82, 2.24) is 15.6 Å². The molecule has 2 heterocycles. The number of aromatic nitrogens is 1. The number of amides is 1. The van der Waals surface area contributed by atoms with Gasteiger partial charge in [0, 0.05) is 31.8 Å². The Hall–Kier alpha value is -2.25. The van der Waals surface area contributed by atoms with Gasteiger partial charge in [0.2, 0.25) is 5.91 Å². The van der Waals surface area contributed by atoms with Gasteiger partial charge in [0.15, 0.2) is 0 Å². The van der Waals surface area contributed by atoms with Crippen LogP contribution in [0.15, 0.2) is 18.5 Å². The zero-order valence-corrected chi connectivity index (χ0v) is 13.5. The van der Waals surface area contributed by atoms with E-state index in [1.54, 1.807) is 12.3 Å². The molecule has 0 aliphatic carbocycles. The second-order valence-corrected chi connectivity index (χ2v) is 5.69. The van der Waals surface area contributed by atoms with Crippen LogP contribution < -0.4 is 32.2 Å². The Morgan fingerprint density at radius 2 is 2.25 bits per heavy atom. The first-order chi connectivity index (χ1) is 11.6. The largest absolute Gasteiger partial charge is 0.494 e. The molecule has 9 heteroatoms. The number of rotatable bonds is 6. The maximum atomic E-state index is 12.6. The van der Waals surface area contributed by atoms with Crippen LogP contribution in [0.25, 0.3) is 0 Å². The Morgan fingerprint density at radius 3 is 2.83 bits per heavy atom. The molecule has 1 aliphatic heterocycles. The van der Waals surface area contributed by atoms with E-state index in [4.69, 9.17) is 21.5 Å². The van der Waals surface area contributed by atoms with Crippen molar-refractivity contribution in [3.05, 3.63) is 18.5 Å². The predicted molar refractivity (Wildman–Crippen MR) is 88.6 cm³/mol. The summed E-state index contributed by atoms with van der Waals surface area (Å²) >= 11 is 0. The van der Waals surface area contributed by atoms with Crippen molar-refractivity contribution in [1.29, 1.82) is 5.26 Å². The molecule has 0 saturated carbocycles.